The van der Waals surface area contributed by atoms with Gasteiger partial charge in [0, 0.05) is 88.2 Å². The summed E-state index contributed by atoms with van der Waals surface area (Å²) in [5, 5.41) is 6.67. The van der Waals surface area contributed by atoms with Gasteiger partial charge in [0.1, 0.15) is 0 Å². The van der Waals surface area contributed by atoms with E-state index in [1.54, 1.807) is 12.1 Å². The van der Waals surface area contributed by atoms with E-state index in [0.29, 0.717) is 55.7 Å². The van der Waals surface area contributed by atoms with Crippen molar-refractivity contribution < 1.29 is 9.59 Å². The van der Waals surface area contributed by atoms with Gasteiger partial charge in [-0.15, -0.1) is 0 Å². The van der Waals surface area contributed by atoms with E-state index in [0.717, 1.165) is 74.3 Å². The average molecular weight is 730 g/mol. The Morgan fingerprint density at radius 1 is 0.824 bits per heavy atom. The molecule has 2 aromatic heterocycles. The Kier molecular flexibility index (Phi) is 9.02. The molecule has 10 nitrogen and oxygen atoms in total. The number of imidazole rings is 2. The van der Waals surface area contributed by atoms with Crippen molar-refractivity contribution in [2.24, 2.45) is 25.4 Å². The first-order chi connectivity index (χ1) is 24.5. The Hall–Kier alpha value is -3.70. The number of halogens is 2. The van der Waals surface area contributed by atoms with E-state index in [1.165, 1.54) is 32.1 Å². The highest BCUT2D eigenvalue weighted by molar-refractivity contribution is 6.40. The maximum Gasteiger partial charge on any atom is 0.291 e. The Morgan fingerprint density at radius 3 is 1.86 bits per heavy atom. The van der Waals surface area contributed by atoms with Crippen molar-refractivity contribution in [1.29, 1.82) is 0 Å². The van der Waals surface area contributed by atoms with Crippen LogP contribution in [0.5, 0.6) is 0 Å². The van der Waals surface area contributed by atoms with Crippen LogP contribution < -0.4 is 10.6 Å². The fraction of sp³-hybridized carbons (Fsp3) is 0.487. The maximum absolute atomic E-state index is 13.7. The van der Waals surface area contributed by atoms with Crippen molar-refractivity contribution in [1.82, 2.24) is 28.9 Å². The molecule has 2 saturated carbocycles. The highest BCUT2D eigenvalue weighted by Crippen LogP contribution is 2.54. The molecule has 0 unspecified atom stereocenters. The summed E-state index contributed by atoms with van der Waals surface area (Å²) in [6.45, 7) is 8.91. The van der Waals surface area contributed by atoms with Crippen molar-refractivity contribution in [3.05, 3.63) is 80.9 Å². The molecule has 4 aliphatic rings. The lowest BCUT2D eigenvalue weighted by molar-refractivity contribution is 0.100. The highest BCUT2D eigenvalue weighted by Gasteiger charge is 2.46. The van der Waals surface area contributed by atoms with Gasteiger partial charge in [0.05, 0.1) is 32.8 Å². The molecule has 51 heavy (non-hydrogen) atoms. The molecule has 0 atom stereocenters. The number of carbonyl (C=O) groups excluding carboxylic acids is 2. The molecule has 2 aromatic carbocycles. The second kappa shape index (κ2) is 13.4. The van der Waals surface area contributed by atoms with E-state index in [1.807, 2.05) is 47.5 Å². The third kappa shape index (κ3) is 6.28. The van der Waals surface area contributed by atoms with Gasteiger partial charge in [0.15, 0.2) is 11.6 Å². The fourth-order valence-corrected chi connectivity index (χ4v) is 9.70. The molecule has 2 fully saturated rings. The van der Waals surface area contributed by atoms with Crippen LogP contribution >= 0.6 is 23.2 Å². The van der Waals surface area contributed by atoms with Crippen LogP contribution in [-0.2, 0) is 40.0 Å². The summed E-state index contributed by atoms with van der Waals surface area (Å²) < 4.78 is 3.82. The lowest BCUT2D eigenvalue weighted by Gasteiger charge is -2.35. The number of rotatable bonds is 8. The van der Waals surface area contributed by atoms with Gasteiger partial charge in [-0.25, -0.2) is 9.97 Å². The Balaban J connectivity index is 0.979. The lowest BCUT2D eigenvalue weighted by Crippen LogP contribution is -2.39. The van der Waals surface area contributed by atoms with E-state index in [2.05, 4.69) is 34.3 Å². The minimum Gasteiger partial charge on any atom is -0.327 e. The fourth-order valence-electron chi connectivity index (χ4n) is 9.15. The van der Waals surface area contributed by atoms with Crippen molar-refractivity contribution in [3.8, 4) is 11.1 Å². The first-order valence-electron chi connectivity index (χ1n) is 18.3. The molecule has 4 aromatic rings. The molecule has 0 radical (unpaired) electrons. The predicted molar refractivity (Wildman–Crippen MR) is 201 cm³/mol. The summed E-state index contributed by atoms with van der Waals surface area (Å²) in [6.07, 6.45) is 8.57. The molecule has 0 saturated heterocycles. The van der Waals surface area contributed by atoms with Gasteiger partial charge >= 0.3 is 0 Å². The van der Waals surface area contributed by atoms with E-state index in [4.69, 9.17) is 33.2 Å². The van der Waals surface area contributed by atoms with E-state index in [-0.39, 0.29) is 11.8 Å². The topological polar surface area (TPSA) is 100 Å². The third-order valence-corrected chi connectivity index (χ3v) is 12.8. The Bertz CT molecular complexity index is 2020. The summed E-state index contributed by atoms with van der Waals surface area (Å²) in [4.78, 5) is 41.7. The number of amides is 2. The largest absolute Gasteiger partial charge is 0.327 e. The van der Waals surface area contributed by atoms with Crippen LogP contribution in [0.3, 0.4) is 0 Å². The number of nitrogens with one attached hydrogen (secondary N) is 2. The molecule has 12 heteroatoms. The molecule has 4 heterocycles. The van der Waals surface area contributed by atoms with Gasteiger partial charge in [0.25, 0.3) is 11.8 Å². The van der Waals surface area contributed by atoms with Crippen molar-refractivity contribution in [2.45, 2.75) is 77.9 Å². The van der Waals surface area contributed by atoms with Crippen LogP contribution in [0.4, 0.5) is 11.4 Å². The standard InChI is InChI=1S/C39H46Cl2N8O2/c1-23(2)49-18-14-32-30(21-49)43-36(47(32)4)38(51)45-28-10-6-8-26(34(28)41)25-7-5-9-27(33(25)40)44-37(50)35-42-29-20-48(17-13-31(29)46(35)3)22-39-15-11-24(19-39)12-16-39/h5-10,23-24H,11-22H2,1-4H3,(H,44,50)(H,45,51). The van der Waals surface area contributed by atoms with Crippen LogP contribution in [-0.4, -0.2) is 66.4 Å². The maximum atomic E-state index is 13.7. The number of carbonyl (C=O) groups is 2. The van der Waals surface area contributed by atoms with Gasteiger partial charge < -0.3 is 19.8 Å². The quantitative estimate of drug-likeness (QED) is 0.197. The van der Waals surface area contributed by atoms with Gasteiger partial charge in [-0.1, -0.05) is 47.5 Å². The second-order valence-electron chi connectivity index (χ2n) is 15.4. The van der Waals surface area contributed by atoms with Crippen LogP contribution in [0.15, 0.2) is 36.4 Å². The minimum atomic E-state index is -0.333. The van der Waals surface area contributed by atoms with E-state index >= 15 is 0 Å². The molecular formula is C39H46Cl2N8O2. The summed E-state index contributed by atoms with van der Waals surface area (Å²) in [7, 11) is 3.81. The smallest absolute Gasteiger partial charge is 0.291 e. The van der Waals surface area contributed by atoms with Crippen molar-refractivity contribution in [3.63, 3.8) is 0 Å². The monoisotopic (exact) mass is 728 g/mol. The highest BCUT2D eigenvalue weighted by atomic mass is 35.5. The lowest BCUT2D eigenvalue weighted by atomic mass is 9.83. The number of anilines is 2. The normalized spacial score (nSPS) is 21.6. The summed E-state index contributed by atoms with van der Waals surface area (Å²) in [5.74, 6) is 1.01. The van der Waals surface area contributed by atoms with Gasteiger partial charge in [-0.3, -0.25) is 19.4 Å². The first-order valence-corrected chi connectivity index (χ1v) is 19.0. The van der Waals surface area contributed by atoms with Crippen LogP contribution in [0.2, 0.25) is 10.0 Å². The molecule has 2 N–H and O–H groups in total. The molecule has 2 amide bonds. The Labute approximate surface area is 309 Å². The van der Waals surface area contributed by atoms with E-state index < -0.39 is 0 Å². The first kappa shape index (κ1) is 34.4. The van der Waals surface area contributed by atoms with Gasteiger partial charge in [-0.2, -0.15) is 0 Å². The number of nitrogens with zero attached hydrogens (tertiary/aromatic N) is 6. The van der Waals surface area contributed by atoms with Gasteiger partial charge in [0.2, 0.25) is 0 Å². The van der Waals surface area contributed by atoms with Crippen molar-refractivity contribution >= 4 is 46.4 Å². The average Bonchev–Trinajstić information content (AvgIpc) is 3.88. The molecule has 268 valence electrons. The zero-order valence-corrected chi connectivity index (χ0v) is 31.4. The zero-order valence-electron chi connectivity index (χ0n) is 29.9. The Morgan fingerprint density at radius 2 is 1.35 bits per heavy atom. The van der Waals surface area contributed by atoms with Crippen LogP contribution in [0.1, 0.15) is 90.0 Å². The molecular weight excluding hydrogens is 683 g/mol. The van der Waals surface area contributed by atoms with Crippen LogP contribution in [0.25, 0.3) is 11.1 Å². The molecule has 8 rings (SSSR count). The number of benzene rings is 2. The SMILES string of the molecule is CC(C)N1CCc2c(nc(C(=O)Nc3cccc(-c4cccc(NC(=O)c5nc6c(n5C)CCN(CC57CCC(CC5)C7)C6)c4Cl)c3Cl)n2C)C1. The van der Waals surface area contributed by atoms with E-state index in [9.17, 15) is 9.59 Å². The molecule has 2 aliphatic carbocycles. The predicted octanol–water partition coefficient (Wildman–Crippen LogP) is 7.34. The third-order valence-electron chi connectivity index (χ3n) is 12.0. The number of aromatic nitrogens is 4. The number of fused-ring (bicyclic) bond motifs is 4. The summed E-state index contributed by atoms with van der Waals surface area (Å²) in [6, 6.07) is 11.3. The summed E-state index contributed by atoms with van der Waals surface area (Å²) >= 11 is 13.9. The van der Waals surface area contributed by atoms with Crippen LogP contribution in [0, 0.1) is 11.3 Å². The molecule has 0 spiro atoms. The molecule has 2 aliphatic heterocycles. The van der Waals surface area contributed by atoms with Crippen molar-refractivity contribution in [2.75, 3.05) is 30.3 Å². The number of hydrogen-bond acceptors (Lipinski definition) is 6. The second-order valence-corrected chi connectivity index (χ2v) is 16.2. The minimum absolute atomic E-state index is 0.313. The zero-order chi connectivity index (χ0) is 35.6. The van der Waals surface area contributed by atoms with Gasteiger partial charge in [-0.05, 0) is 69.4 Å². The summed E-state index contributed by atoms with van der Waals surface area (Å²) in [5.41, 5.74) is 6.79. The molecule has 2 bridgehead atoms. The number of hydrogen-bond donors (Lipinski definition) is 2.